The molecular formula is C7H13FO. The molecule has 0 spiro atoms. The lowest BCUT2D eigenvalue weighted by atomic mass is 9.80. The summed E-state index contributed by atoms with van der Waals surface area (Å²) in [6, 6.07) is 0. The predicted molar refractivity (Wildman–Crippen MR) is 33.9 cm³/mol. The van der Waals surface area contributed by atoms with E-state index < -0.39 is 12.3 Å². The molecule has 1 aliphatic rings. The second-order valence-corrected chi connectivity index (χ2v) is 2.88. The Labute approximate surface area is 54.9 Å². The van der Waals surface area contributed by atoms with Gasteiger partial charge in [-0.1, -0.05) is 6.42 Å². The fourth-order valence-corrected chi connectivity index (χ4v) is 1.15. The van der Waals surface area contributed by atoms with Gasteiger partial charge in [0, 0.05) is 0 Å². The quantitative estimate of drug-likeness (QED) is 0.603. The van der Waals surface area contributed by atoms with Crippen molar-refractivity contribution in [2.75, 3.05) is 0 Å². The molecule has 54 valence electrons. The third kappa shape index (κ3) is 1.42. The van der Waals surface area contributed by atoms with E-state index in [1.54, 1.807) is 0 Å². The topological polar surface area (TPSA) is 20.2 Å². The van der Waals surface area contributed by atoms with Crippen LogP contribution in [0.1, 0.15) is 26.2 Å². The number of aliphatic hydroxyl groups excluding tert-OH is 1. The molecule has 0 aromatic heterocycles. The third-order valence-corrected chi connectivity index (χ3v) is 2.06. The van der Waals surface area contributed by atoms with Gasteiger partial charge in [-0.3, -0.25) is 0 Å². The maximum Gasteiger partial charge on any atom is 0.128 e. The smallest absolute Gasteiger partial charge is 0.128 e. The first-order chi connectivity index (χ1) is 4.22. The summed E-state index contributed by atoms with van der Waals surface area (Å²) in [5.41, 5.74) is 0. The molecule has 2 unspecified atom stereocenters. The SMILES string of the molecule is CC(O)C(F)C1CCC1. The van der Waals surface area contributed by atoms with Crippen LogP contribution in [0.5, 0.6) is 0 Å². The summed E-state index contributed by atoms with van der Waals surface area (Å²) in [5, 5.41) is 8.78. The highest BCUT2D eigenvalue weighted by Crippen LogP contribution is 2.32. The van der Waals surface area contributed by atoms with Crippen LogP contribution >= 0.6 is 0 Å². The van der Waals surface area contributed by atoms with Gasteiger partial charge in [0.2, 0.25) is 0 Å². The first kappa shape index (κ1) is 7.00. The van der Waals surface area contributed by atoms with Crippen LogP contribution in [-0.4, -0.2) is 17.4 Å². The van der Waals surface area contributed by atoms with Crippen molar-refractivity contribution in [2.24, 2.45) is 5.92 Å². The van der Waals surface area contributed by atoms with Gasteiger partial charge in [0.1, 0.15) is 6.17 Å². The van der Waals surface area contributed by atoms with E-state index in [2.05, 4.69) is 0 Å². The largest absolute Gasteiger partial charge is 0.390 e. The second-order valence-electron chi connectivity index (χ2n) is 2.88. The molecule has 0 saturated heterocycles. The Morgan fingerprint density at radius 1 is 1.56 bits per heavy atom. The Bertz CT molecular complexity index is 88.9. The molecule has 1 fully saturated rings. The van der Waals surface area contributed by atoms with Gasteiger partial charge in [-0.25, -0.2) is 4.39 Å². The van der Waals surface area contributed by atoms with Gasteiger partial charge >= 0.3 is 0 Å². The van der Waals surface area contributed by atoms with Crippen molar-refractivity contribution in [3.8, 4) is 0 Å². The summed E-state index contributed by atoms with van der Waals surface area (Å²) in [7, 11) is 0. The molecule has 2 atom stereocenters. The lowest BCUT2D eigenvalue weighted by molar-refractivity contribution is 0.0268. The summed E-state index contributed by atoms with van der Waals surface area (Å²) in [4.78, 5) is 0. The van der Waals surface area contributed by atoms with Crippen LogP contribution in [0.25, 0.3) is 0 Å². The van der Waals surface area contributed by atoms with Gasteiger partial charge in [-0.2, -0.15) is 0 Å². The number of hydrogen-bond donors (Lipinski definition) is 1. The van der Waals surface area contributed by atoms with Crippen molar-refractivity contribution in [1.29, 1.82) is 0 Å². The zero-order valence-corrected chi connectivity index (χ0v) is 5.68. The molecule has 0 aromatic rings. The van der Waals surface area contributed by atoms with E-state index in [4.69, 9.17) is 5.11 Å². The van der Waals surface area contributed by atoms with Crippen LogP contribution in [0.15, 0.2) is 0 Å². The highest BCUT2D eigenvalue weighted by atomic mass is 19.1. The van der Waals surface area contributed by atoms with Gasteiger partial charge in [0.05, 0.1) is 6.10 Å². The molecule has 0 aromatic carbocycles. The maximum absolute atomic E-state index is 12.7. The average molecular weight is 132 g/mol. The number of halogens is 1. The molecule has 1 aliphatic carbocycles. The standard InChI is InChI=1S/C7H13FO/c1-5(9)7(8)6-3-2-4-6/h5-7,9H,2-4H2,1H3. The van der Waals surface area contributed by atoms with E-state index in [1.807, 2.05) is 0 Å². The van der Waals surface area contributed by atoms with E-state index in [9.17, 15) is 4.39 Å². The highest BCUT2D eigenvalue weighted by Gasteiger charge is 2.29. The van der Waals surface area contributed by atoms with Crippen LogP contribution in [0, 0.1) is 5.92 Å². The minimum absolute atomic E-state index is 0.157. The first-order valence-electron chi connectivity index (χ1n) is 3.54. The number of alkyl halides is 1. The van der Waals surface area contributed by atoms with Gasteiger partial charge < -0.3 is 5.11 Å². The Balaban J connectivity index is 2.23. The molecule has 1 N–H and O–H groups in total. The fraction of sp³-hybridized carbons (Fsp3) is 1.00. The molecule has 0 bridgehead atoms. The average Bonchev–Trinajstić information content (AvgIpc) is 1.60. The maximum atomic E-state index is 12.7. The minimum atomic E-state index is -0.973. The predicted octanol–water partition coefficient (Wildman–Crippen LogP) is 1.51. The van der Waals surface area contributed by atoms with Crippen molar-refractivity contribution < 1.29 is 9.50 Å². The molecule has 1 nitrogen and oxygen atoms in total. The lowest BCUT2D eigenvalue weighted by Gasteiger charge is -2.29. The lowest BCUT2D eigenvalue weighted by Crippen LogP contribution is -2.31. The Morgan fingerprint density at radius 3 is 2.22 bits per heavy atom. The summed E-state index contributed by atoms with van der Waals surface area (Å²) in [6.07, 6.45) is 1.32. The Morgan fingerprint density at radius 2 is 2.11 bits per heavy atom. The second kappa shape index (κ2) is 2.65. The van der Waals surface area contributed by atoms with E-state index in [0.717, 1.165) is 19.3 Å². The van der Waals surface area contributed by atoms with Crippen LogP contribution in [0.3, 0.4) is 0 Å². The molecule has 0 radical (unpaired) electrons. The summed E-state index contributed by atoms with van der Waals surface area (Å²) in [6.45, 7) is 1.52. The molecule has 1 saturated carbocycles. The molecule has 9 heavy (non-hydrogen) atoms. The number of rotatable bonds is 2. The van der Waals surface area contributed by atoms with Crippen molar-refractivity contribution >= 4 is 0 Å². The third-order valence-electron chi connectivity index (χ3n) is 2.06. The van der Waals surface area contributed by atoms with E-state index in [-0.39, 0.29) is 5.92 Å². The zero-order valence-electron chi connectivity index (χ0n) is 5.68. The van der Waals surface area contributed by atoms with Crippen molar-refractivity contribution in [1.82, 2.24) is 0 Å². The number of hydrogen-bond acceptors (Lipinski definition) is 1. The van der Waals surface area contributed by atoms with Crippen molar-refractivity contribution in [2.45, 2.75) is 38.5 Å². The summed E-state index contributed by atoms with van der Waals surface area (Å²) in [5.74, 6) is 0.157. The monoisotopic (exact) mass is 132 g/mol. The normalized spacial score (nSPS) is 27.0. The van der Waals surface area contributed by atoms with Crippen molar-refractivity contribution in [3.05, 3.63) is 0 Å². The van der Waals surface area contributed by atoms with Crippen LogP contribution < -0.4 is 0 Å². The van der Waals surface area contributed by atoms with Crippen LogP contribution in [0.4, 0.5) is 4.39 Å². The highest BCUT2D eigenvalue weighted by molar-refractivity contribution is 4.80. The minimum Gasteiger partial charge on any atom is -0.390 e. The molecule has 0 heterocycles. The fourth-order valence-electron chi connectivity index (χ4n) is 1.15. The molecule has 0 amide bonds. The van der Waals surface area contributed by atoms with E-state index in [1.165, 1.54) is 6.92 Å². The van der Waals surface area contributed by atoms with E-state index in [0.29, 0.717) is 0 Å². The van der Waals surface area contributed by atoms with E-state index >= 15 is 0 Å². The molecule has 0 aliphatic heterocycles. The zero-order chi connectivity index (χ0) is 6.85. The van der Waals surface area contributed by atoms with Crippen molar-refractivity contribution in [3.63, 3.8) is 0 Å². The molecular weight excluding hydrogens is 119 g/mol. The van der Waals surface area contributed by atoms with Crippen LogP contribution in [0.2, 0.25) is 0 Å². The van der Waals surface area contributed by atoms with Gasteiger partial charge in [-0.05, 0) is 25.7 Å². The number of aliphatic hydroxyl groups is 1. The van der Waals surface area contributed by atoms with Gasteiger partial charge in [-0.15, -0.1) is 0 Å². The Hall–Kier alpha value is -0.110. The Kier molecular flexibility index (Phi) is 2.06. The first-order valence-corrected chi connectivity index (χ1v) is 3.54. The van der Waals surface area contributed by atoms with Gasteiger partial charge in [0.15, 0.2) is 0 Å². The molecule has 1 rings (SSSR count). The summed E-state index contributed by atoms with van der Waals surface area (Å²) >= 11 is 0. The molecule has 2 heteroatoms. The van der Waals surface area contributed by atoms with Gasteiger partial charge in [0.25, 0.3) is 0 Å². The summed E-state index contributed by atoms with van der Waals surface area (Å²) < 4.78 is 12.7. The van der Waals surface area contributed by atoms with Crippen LogP contribution in [-0.2, 0) is 0 Å².